The second-order valence-electron chi connectivity index (χ2n) is 7.59. The van der Waals surface area contributed by atoms with E-state index >= 15 is 0 Å². The Hall–Kier alpha value is -2.08. The van der Waals surface area contributed by atoms with Gasteiger partial charge in [0.2, 0.25) is 5.79 Å². The van der Waals surface area contributed by atoms with Crippen LogP contribution in [0.4, 0.5) is 8.78 Å². The number of benzene rings is 2. The topological polar surface area (TPSA) is 27.7 Å². The summed E-state index contributed by atoms with van der Waals surface area (Å²) in [7, 11) is 0. The highest BCUT2D eigenvalue weighted by atomic mass is 19.1. The zero-order chi connectivity index (χ0) is 18.5. The summed E-state index contributed by atoms with van der Waals surface area (Å²) in [5.41, 5.74) is 1.85. The maximum absolute atomic E-state index is 13.5. The summed E-state index contributed by atoms with van der Waals surface area (Å²) in [6, 6.07) is 12.7. The molecule has 1 saturated heterocycles. The van der Waals surface area contributed by atoms with Gasteiger partial charge in [-0.3, -0.25) is 0 Å². The van der Waals surface area contributed by atoms with E-state index in [1.807, 2.05) is 6.08 Å². The second kappa shape index (κ2) is 6.23. The molecule has 0 radical (unpaired) electrons. The van der Waals surface area contributed by atoms with Gasteiger partial charge in [-0.1, -0.05) is 24.3 Å². The van der Waals surface area contributed by atoms with Crippen molar-refractivity contribution in [3.63, 3.8) is 0 Å². The van der Waals surface area contributed by atoms with E-state index in [0.717, 1.165) is 42.4 Å². The number of halogens is 2. The molecule has 5 heteroatoms. The van der Waals surface area contributed by atoms with Crippen LogP contribution < -0.4 is 0 Å². The Kier molecular flexibility index (Phi) is 3.93. The van der Waals surface area contributed by atoms with Gasteiger partial charge >= 0.3 is 0 Å². The third-order valence-corrected chi connectivity index (χ3v) is 5.86. The predicted molar refractivity (Wildman–Crippen MR) is 95.3 cm³/mol. The quantitative estimate of drug-likeness (QED) is 0.675. The number of rotatable bonds is 2. The normalized spacial score (nSPS) is 29.0. The van der Waals surface area contributed by atoms with Crippen LogP contribution in [0.2, 0.25) is 0 Å². The van der Waals surface area contributed by atoms with Crippen molar-refractivity contribution in [2.45, 2.75) is 49.6 Å². The summed E-state index contributed by atoms with van der Waals surface area (Å²) in [5, 5.41) is 0. The van der Waals surface area contributed by atoms with E-state index in [4.69, 9.17) is 14.5 Å². The molecule has 2 unspecified atom stereocenters. The van der Waals surface area contributed by atoms with Crippen LogP contribution >= 0.6 is 0 Å². The van der Waals surface area contributed by atoms with Crippen molar-refractivity contribution in [1.29, 1.82) is 0 Å². The van der Waals surface area contributed by atoms with E-state index in [-0.39, 0.29) is 17.7 Å². The summed E-state index contributed by atoms with van der Waals surface area (Å²) >= 11 is 0. The number of hydrogen-bond donors (Lipinski definition) is 0. The van der Waals surface area contributed by atoms with E-state index in [9.17, 15) is 8.78 Å². The molecule has 1 heterocycles. The van der Waals surface area contributed by atoms with Crippen molar-refractivity contribution in [2.75, 3.05) is 0 Å². The lowest BCUT2D eigenvalue weighted by molar-refractivity contribution is -0.524. The van der Waals surface area contributed by atoms with Crippen molar-refractivity contribution in [1.82, 2.24) is 0 Å². The zero-order valence-corrected chi connectivity index (χ0v) is 14.8. The fourth-order valence-electron chi connectivity index (χ4n) is 4.39. The van der Waals surface area contributed by atoms with Crippen LogP contribution in [0.15, 0.2) is 54.6 Å². The van der Waals surface area contributed by atoms with E-state index in [2.05, 4.69) is 0 Å². The Balaban J connectivity index is 1.54. The first-order chi connectivity index (χ1) is 13.1. The van der Waals surface area contributed by atoms with Gasteiger partial charge in [-0.05, 0) is 59.9 Å². The molecular formula is C22H20F2O3. The fourth-order valence-corrected chi connectivity index (χ4v) is 4.39. The number of hydrogen-bond acceptors (Lipinski definition) is 3. The first-order valence-corrected chi connectivity index (χ1v) is 9.36. The molecule has 2 fully saturated rings. The highest BCUT2D eigenvalue weighted by molar-refractivity contribution is 5.70. The molecule has 1 aliphatic heterocycles. The van der Waals surface area contributed by atoms with Crippen LogP contribution in [0, 0.1) is 11.6 Å². The molecule has 2 atom stereocenters. The highest BCUT2D eigenvalue weighted by Gasteiger charge is 2.57. The molecule has 2 aromatic rings. The SMILES string of the molecule is Fc1ccc(C2=CC3OC4(CCCC4)OOC3(c3ccc(F)cc3)C2)cc1. The molecule has 0 aromatic heterocycles. The van der Waals surface area contributed by atoms with Crippen LogP contribution in [0.1, 0.15) is 43.2 Å². The van der Waals surface area contributed by atoms with Crippen LogP contribution in [0.25, 0.3) is 5.57 Å². The Morgan fingerprint density at radius 2 is 1.44 bits per heavy atom. The van der Waals surface area contributed by atoms with Gasteiger partial charge in [0.1, 0.15) is 17.7 Å². The van der Waals surface area contributed by atoms with Gasteiger partial charge in [0.25, 0.3) is 0 Å². The first kappa shape index (κ1) is 17.0. The minimum absolute atomic E-state index is 0.274. The van der Waals surface area contributed by atoms with Crippen molar-refractivity contribution < 1.29 is 23.3 Å². The summed E-state index contributed by atoms with van der Waals surface area (Å²) < 4.78 is 33.2. The Morgan fingerprint density at radius 1 is 0.815 bits per heavy atom. The number of fused-ring (bicyclic) bond motifs is 1. The molecule has 1 spiro atoms. The molecule has 1 saturated carbocycles. The Morgan fingerprint density at radius 3 is 2.11 bits per heavy atom. The summed E-state index contributed by atoms with van der Waals surface area (Å²) in [6.07, 6.45) is 5.85. The van der Waals surface area contributed by atoms with Gasteiger partial charge in [-0.15, -0.1) is 0 Å². The third kappa shape index (κ3) is 2.81. The summed E-state index contributed by atoms with van der Waals surface area (Å²) in [6.45, 7) is 0. The molecule has 3 aliphatic rings. The second-order valence-corrected chi connectivity index (χ2v) is 7.59. The fraction of sp³-hybridized carbons (Fsp3) is 0.364. The lowest BCUT2D eigenvalue weighted by atomic mass is 9.87. The molecular weight excluding hydrogens is 350 g/mol. The molecule has 0 bridgehead atoms. The van der Waals surface area contributed by atoms with E-state index < -0.39 is 11.4 Å². The lowest BCUT2D eigenvalue weighted by Crippen LogP contribution is -2.53. The largest absolute Gasteiger partial charge is 0.336 e. The predicted octanol–water partition coefficient (Wildman–Crippen LogP) is 5.26. The molecule has 3 nitrogen and oxygen atoms in total. The molecule has 27 heavy (non-hydrogen) atoms. The van der Waals surface area contributed by atoms with Gasteiger partial charge in [0, 0.05) is 19.3 Å². The first-order valence-electron chi connectivity index (χ1n) is 9.36. The molecule has 2 aliphatic carbocycles. The van der Waals surface area contributed by atoms with Gasteiger partial charge in [-0.25, -0.2) is 18.6 Å². The number of ether oxygens (including phenoxy) is 1. The third-order valence-electron chi connectivity index (χ3n) is 5.86. The van der Waals surface area contributed by atoms with Crippen molar-refractivity contribution in [3.8, 4) is 0 Å². The van der Waals surface area contributed by atoms with E-state index in [1.165, 1.54) is 24.3 Å². The molecule has 5 rings (SSSR count). The maximum Gasteiger partial charge on any atom is 0.202 e. The van der Waals surface area contributed by atoms with Gasteiger partial charge in [0.05, 0.1) is 0 Å². The van der Waals surface area contributed by atoms with Crippen molar-refractivity contribution >= 4 is 5.57 Å². The van der Waals surface area contributed by atoms with Crippen LogP contribution in [0.5, 0.6) is 0 Å². The van der Waals surface area contributed by atoms with Gasteiger partial charge in [0.15, 0.2) is 5.60 Å². The summed E-state index contributed by atoms with van der Waals surface area (Å²) in [4.78, 5) is 11.9. The van der Waals surface area contributed by atoms with Gasteiger partial charge < -0.3 is 4.74 Å². The monoisotopic (exact) mass is 370 g/mol. The van der Waals surface area contributed by atoms with Crippen LogP contribution in [0.3, 0.4) is 0 Å². The lowest BCUT2D eigenvalue weighted by Gasteiger charge is -2.45. The average molecular weight is 370 g/mol. The Labute approximate surface area is 156 Å². The van der Waals surface area contributed by atoms with Crippen LogP contribution in [-0.2, 0) is 20.1 Å². The van der Waals surface area contributed by atoms with Crippen molar-refractivity contribution in [3.05, 3.63) is 77.4 Å². The maximum atomic E-state index is 13.5. The van der Waals surface area contributed by atoms with Crippen LogP contribution in [-0.4, -0.2) is 11.9 Å². The molecule has 0 amide bonds. The molecule has 0 N–H and O–H groups in total. The highest BCUT2D eigenvalue weighted by Crippen LogP contribution is 2.53. The molecule has 140 valence electrons. The standard InChI is InChI=1S/C22H20F2O3/c23-18-7-3-15(4-8-18)16-13-20-22(14-16,17-5-9-19(24)10-6-17)27-26-21(25-20)11-1-2-12-21/h3-10,13,20H,1-2,11-12,14H2. The average Bonchev–Trinajstić information content (AvgIpc) is 3.28. The van der Waals surface area contributed by atoms with E-state index in [0.29, 0.717) is 6.42 Å². The summed E-state index contributed by atoms with van der Waals surface area (Å²) in [5.74, 6) is -1.28. The minimum atomic E-state index is -0.870. The van der Waals surface area contributed by atoms with E-state index in [1.54, 1.807) is 24.3 Å². The Bertz CT molecular complexity index is 869. The van der Waals surface area contributed by atoms with Crippen molar-refractivity contribution in [2.24, 2.45) is 0 Å². The molecule has 2 aromatic carbocycles. The minimum Gasteiger partial charge on any atom is -0.336 e. The van der Waals surface area contributed by atoms with Gasteiger partial charge in [-0.2, -0.15) is 0 Å². The zero-order valence-electron chi connectivity index (χ0n) is 14.8. The smallest absolute Gasteiger partial charge is 0.202 e.